The normalized spacial score (nSPS) is 34.2. The first-order valence-corrected chi connectivity index (χ1v) is 9.73. The fourth-order valence-corrected chi connectivity index (χ4v) is 5.76. The van der Waals surface area contributed by atoms with E-state index in [1.807, 2.05) is 25.3 Å². The first-order valence-electron chi connectivity index (χ1n) is 9.73. The second-order valence-electron chi connectivity index (χ2n) is 8.30. The third kappa shape index (κ3) is 2.52. The van der Waals surface area contributed by atoms with E-state index < -0.39 is 40.6 Å². The molecule has 0 radical (unpaired) electrons. The van der Waals surface area contributed by atoms with Crippen molar-refractivity contribution >= 4 is 5.71 Å². The molecule has 152 valence electrons. The summed E-state index contributed by atoms with van der Waals surface area (Å²) in [7, 11) is 1.96. The van der Waals surface area contributed by atoms with Crippen LogP contribution in [-0.4, -0.2) is 24.8 Å². The number of likely N-dealkylation sites (N-methyl/N-ethyl adjacent to an activating group) is 1. The molecule has 1 saturated heterocycles. The van der Waals surface area contributed by atoms with Gasteiger partial charge in [-0.2, -0.15) is 29.0 Å². The van der Waals surface area contributed by atoms with Crippen molar-refractivity contribution in [3.8, 4) is 18.2 Å². The third-order valence-corrected chi connectivity index (χ3v) is 7.13. The van der Waals surface area contributed by atoms with Gasteiger partial charge in [-0.25, -0.2) is 0 Å². The number of nitrogens with one attached hydrogen (secondary N) is 2. The molecule has 3 aliphatic rings. The second kappa shape index (κ2) is 6.69. The maximum Gasteiger partial charge on any atom is 0.416 e. The van der Waals surface area contributed by atoms with Crippen molar-refractivity contribution in [3.05, 3.63) is 47.0 Å². The zero-order valence-corrected chi connectivity index (χ0v) is 16.2. The Morgan fingerprint density at radius 1 is 1.13 bits per heavy atom. The van der Waals surface area contributed by atoms with Gasteiger partial charge in [0.25, 0.3) is 0 Å². The van der Waals surface area contributed by atoms with Crippen LogP contribution in [0.15, 0.2) is 35.9 Å². The van der Waals surface area contributed by atoms with Crippen molar-refractivity contribution in [2.75, 3.05) is 7.05 Å². The molecule has 2 N–H and O–H groups in total. The molecule has 2 unspecified atom stereocenters. The van der Waals surface area contributed by atoms with E-state index >= 15 is 0 Å². The van der Waals surface area contributed by atoms with Crippen LogP contribution in [0.3, 0.4) is 0 Å². The van der Waals surface area contributed by atoms with Crippen LogP contribution in [-0.2, 0) is 6.18 Å². The standard InChI is InChI=1S/C22H18F3N5/c1-30-12-6-7-17(30)18-14(8-12)15(9-26)20(29)21(10-27,11-28)19(18)13-4-2-3-5-16(13)22(23,24)25/h2-5,8,12,15,17-19,29H,6-7H2,1H3/p+1/t12-,15?,17+,18+,19-/m0/s1. The number of rotatable bonds is 1. The highest BCUT2D eigenvalue weighted by atomic mass is 19.4. The zero-order chi connectivity index (χ0) is 21.8. The van der Waals surface area contributed by atoms with Crippen LogP contribution < -0.4 is 4.90 Å². The average Bonchev–Trinajstić information content (AvgIpc) is 2.95. The molecule has 2 aliphatic heterocycles. The van der Waals surface area contributed by atoms with Crippen molar-refractivity contribution in [3.63, 3.8) is 0 Å². The molecule has 4 rings (SSSR count). The molecule has 2 fully saturated rings. The third-order valence-electron chi connectivity index (χ3n) is 7.13. The second-order valence-corrected chi connectivity index (χ2v) is 8.30. The molecule has 6 atom stereocenters. The van der Waals surface area contributed by atoms with Crippen molar-refractivity contribution < 1.29 is 18.1 Å². The predicted octanol–water partition coefficient (Wildman–Crippen LogP) is 2.60. The van der Waals surface area contributed by atoms with Crippen LogP contribution >= 0.6 is 0 Å². The summed E-state index contributed by atoms with van der Waals surface area (Å²) in [6.07, 6.45) is -1.21. The quantitative estimate of drug-likeness (QED) is 0.696. The Hall–Kier alpha value is -3.15. The number of nitrogens with zero attached hydrogens (tertiary/aromatic N) is 3. The number of alkyl halides is 3. The van der Waals surface area contributed by atoms with Crippen molar-refractivity contribution in [2.45, 2.75) is 37.0 Å². The Morgan fingerprint density at radius 2 is 1.80 bits per heavy atom. The summed E-state index contributed by atoms with van der Waals surface area (Å²) in [4.78, 5) is 1.12. The summed E-state index contributed by atoms with van der Waals surface area (Å²) < 4.78 is 41.7. The van der Waals surface area contributed by atoms with E-state index in [-0.39, 0.29) is 17.6 Å². The van der Waals surface area contributed by atoms with E-state index in [2.05, 4.69) is 6.07 Å². The minimum atomic E-state index is -4.67. The smallest absolute Gasteiger partial charge is 0.329 e. The van der Waals surface area contributed by atoms with Gasteiger partial charge in [0, 0.05) is 24.7 Å². The van der Waals surface area contributed by atoms with E-state index in [1.165, 1.54) is 18.2 Å². The molecule has 30 heavy (non-hydrogen) atoms. The zero-order valence-electron chi connectivity index (χ0n) is 16.2. The summed E-state index contributed by atoms with van der Waals surface area (Å²) in [5.74, 6) is -2.84. The van der Waals surface area contributed by atoms with Crippen molar-refractivity contribution in [1.29, 1.82) is 21.2 Å². The summed E-state index contributed by atoms with van der Waals surface area (Å²) in [5, 5.41) is 38.5. The topological polar surface area (TPSA) is 99.7 Å². The molecular formula is C22H19F3N5+. The van der Waals surface area contributed by atoms with Gasteiger partial charge in [-0.3, -0.25) is 0 Å². The SMILES string of the molecule is C[NH+]1[C@@H]2C=C3C(C#N)C(=N)C(C#N)(C#N)[C@@H](c4ccccc4C(F)(F)F)[C@H]3[C@H]1CC2. The minimum absolute atomic E-state index is 0.119. The maximum atomic E-state index is 13.9. The summed E-state index contributed by atoms with van der Waals surface area (Å²) in [6.45, 7) is 0. The highest BCUT2D eigenvalue weighted by Crippen LogP contribution is 2.56. The molecule has 5 nitrogen and oxygen atoms in total. The largest absolute Gasteiger partial charge is 0.416 e. The van der Waals surface area contributed by atoms with E-state index in [4.69, 9.17) is 5.41 Å². The van der Waals surface area contributed by atoms with Crippen LogP contribution in [0.2, 0.25) is 0 Å². The lowest BCUT2D eigenvalue weighted by Crippen LogP contribution is -3.15. The Balaban J connectivity index is 2.05. The molecule has 0 spiro atoms. The lowest BCUT2D eigenvalue weighted by Gasteiger charge is -2.49. The number of fused-ring (bicyclic) bond motifs is 4. The van der Waals surface area contributed by atoms with Crippen LogP contribution in [0, 0.1) is 56.7 Å². The van der Waals surface area contributed by atoms with Crippen molar-refractivity contribution in [1.82, 2.24) is 0 Å². The Kier molecular flexibility index (Phi) is 4.49. The fourth-order valence-electron chi connectivity index (χ4n) is 5.76. The summed E-state index contributed by atoms with van der Waals surface area (Å²) in [5.41, 5.74) is -3.00. The first kappa shape index (κ1) is 20.1. The Bertz CT molecular complexity index is 1050. The summed E-state index contributed by atoms with van der Waals surface area (Å²) >= 11 is 0. The molecule has 0 amide bonds. The predicted molar refractivity (Wildman–Crippen MR) is 99.9 cm³/mol. The summed E-state index contributed by atoms with van der Waals surface area (Å²) in [6, 6.07) is 10.8. The minimum Gasteiger partial charge on any atom is -0.329 e. The maximum absolute atomic E-state index is 13.9. The molecule has 1 aliphatic carbocycles. The number of nitriles is 3. The van der Waals surface area contributed by atoms with Gasteiger partial charge >= 0.3 is 6.18 Å². The number of halogens is 3. The van der Waals surface area contributed by atoms with Gasteiger partial charge in [0.05, 0.1) is 42.6 Å². The monoisotopic (exact) mass is 410 g/mol. The highest BCUT2D eigenvalue weighted by Gasteiger charge is 2.63. The highest BCUT2D eigenvalue weighted by molar-refractivity contribution is 6.01. The van der Waals surface area contributed by atoms with Gasteiger partial charge in [0.2, 0.25) is 0 Å². The van der Waals surface area contributed by atoms with Crippen molar-refractivity contribution in [2.24, 2.45) is 17.3 Å². The van der Waals surface area contributed by atoms with Gasteiger partial charge < -0.3 is 10.3 Å². The number of hydrogen-bond acceptors (Lipinski definition) is 4. The number of quaternary nitrogens is 1. The van der Waals surface area contributed by atoms with Crippen LogP contribution in [0.5, 0.6) is 0 Å². The van der Waals surface area contributed by atoms with E-state index in [0.717, 1.165) is 23.8 Å². The molecule has 2 bridgehead atoms. The lowest BCUT2D eigenvalue weighted by molar-refractivity contribution is -0.916. The number of benzene rings is 1. The fraction of sp³-hybridized carbons (Fsp3) is 0.455. The van der Waals surface area contributed by atoms with E-state index in [1.54, 1.807) is 0 Å². The van der Waals surface area contributed by atoms with E-state index in [9.17, 15) is 29.0 Å². The molecule has 1 saturated carbocycles. The molecule has 1 aromatic rings. The van der Waals surface area contributed by atoms with Gasteiger partial charge in [-0.05, 0) is 23.3 Å². The first-order chi connectivity index (χ1) is 14.2. The van der Waals surface area contributed by atoms with E-state index in [0.29, 0.717) is 5.57 Å². The molecule has 1 aromatic carbocycles. The molecule has 8 heteroatoms. The Labute approximate surface area is 172 Å². The van der Waals surface area contributed by atoms with Gasteiger partial charge in [0.15, 0.2) is 5.41 Å². The van der Waals surface area contributed by atoms with Crippen LogP contribution in [0.1, 0.15) is 29.9 Å². The Morgan fingerprint density at radius 3 is 2.40 bits per heavy atom. The average molecular weight is 410 g/mol. The van der Waals surface area contributed by atoms with Crippen LogP contribution in [0.25, 0.3) is 0 Å². The van der Waals surface area contributed by atoms with Gasteiger partial charge in [-0.15, -0.1) is 0 Å². The lowest BCUT2D eigenvalue weighted by atomic mass is 9.52. The molecule has 2 heterocycles. The van der Waals surface area contributed by atoms with Gasteiger partial charge in [0.1, 0.15) is 12.0 Å². The molecule has 0 aromatic heterocycles. The van der Waals surface area contributed by atoms with Gasteiger partial charge in [-0.1, -0.05) is 18.2 Å². The van der Waals surface area contributed by atoms with Crippen LogP contribution in [0.4, 0.5) is 13.2 Å². The number of hydrogen-bond donors (Lipinski definition) is 2. The molecular weight excluding hydrogens is 391 g/mol.